The average molecular weight is 518 g/mol. The molecule has 0 aliphatic rings. The highest BCUT2D eigenvalue weighted by atomic mass is 32.1. The van der Waals surface area contributed by atoms with E-state index in [-0.39, 0.29) is 0 Å². The number of fused-ring (bicyclic) bond motifs is 5. The van der Waals surface area contributed by atoms with Crippen molar-refractivity contribution in [1.29, 1.82) is 0 Å². The second kappa shape index (κ2) is 8.75. The highest BCUT2D eigenvalue weighted by molar-refractivity contribution is 7.26. The van der Waals surface area contributed by atoms with E-state index in [2.05, 4.69) is 65.6 Å². The molecule has 0 saturated heterocycles. The summed E-state index contributed by atoms with van der Waals surface area (Å²) < 4.78 is 2.32. The van der Waals surface area contributed by atoms with Gasteiger partial charge in [-0.3, -0.25) is 9.97 Å². The van der Waals surface area contributed by atoms with Crippen molar-refractivity contribution >= 4 is 53.4 Å². The molecule has 0 aliphatic carbocycles. The first-order valence-corrected chi connectivity index (χ1v) is 13.5. The molecule has 4 aromatic heterocycles. The first-order valence-electron chi connectivity index (χ1n) is 12.7. The van der Waals surface area contributed by atoms with Gasteiger partial charge in [-0.1, -0.05) is 66.7 Å². The third-order valence-electron chi connectivity index (χ3n) is 6.99. The summed E-state index contributed by atoms with van der Waals surface area (Å²) in [6, 6.07) is 34.9. The summed E-state index contributed by atoms with van der Waals surface area (Å²) in [5.74, 6) is 0.611. The van der Waals surface area contributed by atoms with Crippen molar-refractivity contribution in [3.63, 3.8) is 0 Å². The number of pyridine rings is 1. The van der Waals surface area contributed by atoms with Crippen molar-refractivity contribution in [2.75, 3.05) is 0 Å². The van der Waals surface area contributed by atoms with E-state index in [9.17, 15) is 0 Å². The lowest BCUT2D eigenvalue weighted by Crippen LogP contribution is -1.97. The van der Waals surface area contributed by atoms with Gasteiger partial charge in [-0.05, 0) is 36.4 Å². The standard InChI is InChI=1S/C33H19N5S/c1-2-8-20(9-3-1)30-24-15-14-21(28-19-35-25-11-5-6-12-26(25)36-28)18-27(24)37-33(38-30)31-32-23(16-17-34-31)22-10-4-7-13-29(22)39-32/h1-19H. The van der Waals surface area contributed by atoms with Gasteiger partial charge >= 0.3 is 0 Å². The molecule has 0 saturated carbocycles. The maximum atomic E-state index is 5.11. The van der Waals surface area contributed by atoms with E-state index in [1.54, 1.807) is 11.3 Å². The first kappa shape index (κ1) is 22.0. The maximum absolute atomic E-state index is 5.11. The Morgan fingerprint density at radius 2 is 1.33 bits per heavy atom. The van der Waals surface area contributed by atoms with Crippen molar-refractivity contribution in [2.24, 2.45) is 0 Å². The number of thiophene rings is 1. The van der Waals surface area contributed by atoms with Gasteiger partial charge in [-0.15, -0.1) is 11.3 Å². The van der Waals surface area contributed by atoms with Crippen molar-refractivity contribution < 1.29 is 0 Å². The smallest absolute Gasteiger partial charge is 0.180 e. The second-order valence-electron chi connectivity index (χ2n) is 9.37. The fraction of sp³-hybridized carbons (Fsp3) is 0. The lowest BCUT2D eigenvalue weighted by atomic mass is 10.0. The molecule has 6 heteroatoms. The molecule has 0 aliphatic heterocycles. The molecule has 0 amide bonds. The van der Waals surface area contributed by atoms with Crippen molar-refractivity contribution in [3.05, 3.63) is 116 Å². The molecule has 8 rings (SSSR count). The Kier molecular flexibility index (Phi) is 4.93. The molecular formula is C33H19N5S. The van der Waals surface area contributed by atoms with Gasteiger partial charge in [0.25, 0.3) is 0 Å². The van der Waals surface area contributed by atoms with Crippen LogP contribution in [0.25, 0.3) is 76.1 Å². The summed E-state index contributed by atoms with van der Waals surface area (Å²) in [7, 11) is 0. The molecule has 4 heterocycles. The summed E-state index contributed by atoms with van der Waals surface area (Å²) in [4.78, 5) is 24.5. The predicted octanol–water partition coefficient (Wildman–Crippen LogP) is 8.34. The van der Waals surface area contributed by atoms with Crippen LogP contribution in [0.3, 0.4) is 0 Å². The largest absolute Gasteiger partial charge is 0.252 e. The summed E-state index contributed by atoms with van der Waals surface area (Å²) >= 11 is 1.73. The predicted molar refractivity (Wildman–Crippen MR) is 160 cm³/mol. The minimum atomic E-state index is 0.611. The first-order chi connectivity index (χ1) is 19.3. The number of nitrogens with zero attached hydrogens (tertiary/aromatic N) is 5. The molecule has 0 N–H and O–H groups in total. The van der Waals surface area contributed by atoms with Crippen molar-refractivity contribution in [1.82, 2.24) is 24.9 Å². The maximum Gasteiger partial charge on any atom is 0.180 e. The minimum absolute atomic E-state index is 0.611. The molecule has 5 nitrogen and oxygen atoms in total. The number of hydrogen-bond acceptors (Lipinski definition) is 6. The molecule has 0 spiro atoms. The van der Waals surface area contributed by atoms with Gasteiger partial charge in [0.05, 0.1) is 38.8 Å². The fourth-order valence-electron chi connectivity index (χ4n) is 5.12. The lowest BCUT2D eigenvalue weighted by molar-refractivity contribution is 1.19. The van der Waals surface area contributed by atoms with Crippen LogP contribution in [0.1, 0.15) is 0 Å². The highest BCUT2D eigenvalue weighted by Crippen LogP contribution is 2.39. The second-order valence-corrected chi connectivity index (χ2v) is 10.4. The van der Waals surface area contributed by atoms with Crippen LogP contribution in [0.15, 0.2) is 116 Å². The normalized spacial score (nSPS) is 11.6. The van der Waals surface area contributed by atoms with Gasteiger partial charge in [0.1, 0.15) is 5.69 Å². The van der Waals surface area contributed by atoms with Crippen molar-refractivity contribution in [2.45, 2.75) is 0 Å². The third kappa shape index (κ3) is 3.65. The van der Waals surface area contributed by atoms with Crippen molar-refractivity contribution in [3.8, 4) is 34.0 Å². The molecule has 0 fully saturated rings. The molecule has 0 bridgehead atoms. The summed E-state index contributed by atoms with van der Waals surface area (Å²) in [6.45, 7) is 0. The number of hydrogen-bond donors (Lipinski definition) is 0. The van der Waals surface area contributed by atoms with Gasteiger partial charge in [0.15, 0.2) is 5.82 Å². The summed E-state index contributed by atoms with van der Waals surface area (Å²) in [6.07, 6.45) is 3.68. The fourth-order valence-corrected chi connectivity index (χ4v) is 6.30. The zero-order valence-corrected chi connectivity index (χ0v) is 21.4. The van der Waals surface area contributed by atoms with E-state index in [0.717, 1.165) is 54.8 Å². The van der Waals surface area contributed by atoms with E-state index in [0.29, 0.717) is 5.82 Å². The van der Waals surface area contributed by atoms with Crippen LogP contribution in [-0.4, -0.2) is 24.9 Å². The highest BCUT2D eigenvalue weighted by Gasteiger charge is 2.17. The Morgan fingerprint density at radius 3 is 2.26 bits per heavy atom. The lowest BCUT2D eigenvalue weighted by Gasteiger charge is -2.11. The van der Waals surface area contributed by atoms with E-state index in [4.69, 9.17) is 19.9 Å². The van der Waals surface area contributed by atoms with Crippen LogP contribution >= 0.6 is 11.3 Å². The van der Waals surface area contributed by atoms with E-state index >= 15 is 0 Å². The molecule has 8 aromatic rings. The van der Waals surface area contributed by atoms with Gasteiger partial charge < -0.3 is 0 Å². The van der Waals surface area contributed by atoms with Crippen LogP contribution in [0.5, 0.6) is 0 Å². The van der Waals surface area contributed by atoms with Gasteiger partial charge in [-0.25, -0.2) is 15.0 Å². The SMILES string of the molecule is c1ccc(-c2nc(-c3nccc4c3sc3ccccc34)nc3cc(-c4cnc5ccccc5n4)ccc23)cc1. The van der Waals surface area contributed by atoms with Gasteiger partial charge in [0, 0.05) is 38.2 Å². The number of aromatic nitrogens is 5. The van der Waals surface area contributed by atoms with Gasteiger partial charge in [0.2, 0.25) is 0 Å². The van der Waals surface area contributed by atoms with Crippen LogP contribution in [-0.2, 0) is 0 Å². The number of para-hydroxylation sites is 2. The molecular weight excluding hydrogens is 498 g/mol. The summed E-state index contributed by atoms with van der Waals surface area (Å²) in [5.41, 5.74) is 7.05. The quantitative estimate of drug-likeness (QED) is 0.236. The van der Waals surface area contributed by atoms with E-state index < -0.39 is 0 Å². The third-order valence-corrected chi connectivity index (χ3v) is 8.19. The molecule has 39 heavy (non-hydrogen) atoms. The molecule has 0 radical (unpaired) electrons. The molecule has 182 valence electrons. The number of benzene rings is 4. The van der Waals surface area contributed by atoms with Crippen LogP contribution in [0.4, 0.5) is 0 Å². The minimum Gasteiger partial charge on any atom is -0.252 e. The monoisotopic (exact) mass is 517 g/mol. The van der Waals surface area contributed by atoms with Crippen LogP contribution in [0.2, 0.25) is 0 Å². The summed E-state index contributed by atoms with van der Waals surface area (Å²) in [5, 5.41) is 3.37. The Morgan fingerprint density at radius 1 is 0.513 bits per heavy atom. The Balaban J connectivity index is 1.38. The molecule has 0 atom stereocenters. The Bertz CT molecular complexity index is 2190. The topological polar surface area (TPSA) is 64.5 Å². The zero-order valence-electron chi connectivity index (χ0n) is 20.6. The Hall–Kier alpha value is -5.07. The van der Waals surface area contributed by atoms with Crippen LogP contribution < -0.4 is 0 Å². The number of rotatable bonds is 3. The average Bonchev–Trinajstić information content (AvgIpc) is 3.39. The molecule has 0 unspecified atom stereocenters. The van der Waals surface area contributed by atoms with E-state index in [1.165, 1.54) is 15.5 Å². The Labute approximate surface area is 227 Å². The zero-order chi connectivity index (χ0) is 25.8. The van der Waals surface area contributed by atoms with E-state index in [1.807, 2.05) is 54.9 Å². The van der Waals surface area contributed by atoms with Crippen LogP contribution in [0, 0.1) is 0 Å². The molecule has 4 aromatic carbocycles. The van der Waals surface area contributed by atoms with Gasteiger partial charge in [-0.2, -0.15) is 0 Å².